The Bertz CT molecular complexity index is 1140. The first-order chi connectivity index (χ1) is 17.7. The fraction of sp³-hybridized carbons (Fsp3) is 0.552. The molecule has 2 aliphatic rings. The van der Waals surface area contributed by atoms with Crippen molar-refractivity contribution in [2.24, 2.45) is 10.9 Å². The highest BCUT2D eigenvalue weighted by molar-refractivity contribution is 6.10. The number of rotatable bonds is 8. The highest BCUT2D eigenvalue weighted by Gasteiger charge is 2.23. The number of aliphatic hydroxyl groups is 1. The second-order valence-electron chi connectivity index (χ2n) is 10.4. The molecule has 1 aliphatic carbocycles. The third-order valence-corrected chi connectivity index (χ3v) is 7.80. The van der Waals surface area contributed by atoms with Gasteiger partial charge in [-0.2, -0.15) is 0 Å². The molecular formula is C29H41N5O2. The minimum atomic E-state index is -0.552. The van der Waals surface area contributed by atoms with E-state index in [1.807, 2.05) is 31.3 Å². The second kappa shape index (κ2) is 12.0. The maximum atomic E-state index is 10.6. The number of nitrogens with one attached hydrogen (secondary N) is 3. The third kappa shape index (κ3) is 5.95. The number of piperidine rings is 1. The van der Waals surface area contributed by atoms with Crippen LogP contribution in [0.1, 0.15) is 44.9 Å². The van der Waals surface area contributed by atoms with Gasteiger partial charge in [0.25, 0.3) is 0 Å². The van der Waals surface area contributed by atoms with Gasteiger partial charge in [-0.3, -0.25) is 4.99 Å². The number of aromatic amines is 1. The molecule has 0 radical (unpaired) electrons. The molecular weight excluding hydrogens is 450 g/mol. The Morgan fingerprint density at radius 2 is 1.83 bits per heavy atom. The Morgan fingerprint density at radius 1 is 1.06 bits per heavy atom. The quantitative estimate of drug-likeness (QED) is 0.279. The van der Waals surface area contributed by atoms with Gasteiger partial charge in [0, 0.05) is 49.0 Å². The van der Waals surface area contributed by atoms with Crippen LogP contribution < -0.4 is 15.4 Å². The highest BCUT2D eigenvalue weighted by Crippen LogP contribution is 2.33. The minimum Gasteiger partial charge on any atom is -0.490 e. The first-order valence-corrected chi connectivity index (χ1v) is 13.7. The van der Waals surface area contributed by atoms with Crippen molar-refractivity contribution in [2.75, 3.05) is 39.8 Å². The summed E-state index contributed by atoms with van der Waals surface area (Å²) in [5, 5.41) is 20.0. The molecule has 1 aromatic heterocycles. The molecule has 1 saturated heterocycles. The number of ether oxygens (including phenoxy) is 1. The number of guanidine groups is 1. The van der Waals surface area contributed by atoms with E-state index in [0.29, 0.717) is 18.5 Å². The van der Waals surface area contributed by atoms with Crippen molar-refractivity contribution < 1.29 is 9.84 Å². The van der Waals surface area contributed by atoms with Crippen molar-refractivity contribution in [3.8, 4) is 5.75 Å². The van der Waals surface area contributed by atoms with E-state index in [1.54, 1.807) is 0 Å². The summed E-state index contributed by atoms with van der Waals surface area (Å²) in [6, 6.07) is 14.9. The molecule has 7 nitrogen and oxygen atoms in total. The van der Waals surface area contributed by atoms with Crippen LogP contribution in [0.15, 0.2) is 47.5 Å². The van der Waals surface area contributed by atoms with Crippen molar-refractivity contribution >= 4 is 27.8 Å². The molecule has 2 fully saturated rings. The number of hydrogen-bond donors (Lipinski definition) is 4. The van der Waals surface area contributed by atoms with E-state index in [-0.39, 0.29) is 6.61 Å². The first kappa shape index (κ1) is 24.9. The smallest absolute Gasteiger partial charge is 0.193 e. The van der Waals surface area contributed by atoms with Crippen LogP contribution in [0.3, 0.4) is 0 Å². The van der Waals surface area contributed by atoms with Crippen LogP contribution in [0, 0.1) is 5.92 Å². The first-order valence-electron chi connectivity index (χ1n) is 13.7. The van der Waals surface area contributed by atoms with E-state index in [4.69, 9.17) is 4.74 Å². The number of para-hydroxylation sites is 1. The maximum Gasteiger partial charge on any atom is 0.193 e. The van der Waals surface area contributed by atoms with E-state index in [9.17, 15) is 5.11 Å². The summed E-state index contributed by atoms with van der Waals surface area (Å²) in [7, 11) is 1.90. The molecule has 2 aromatic carbocycles. The van der Waals surface area contributed by atoms with Crippen molar-refractivity contribution in [2.45, 2.75) is 57.1 Å². The summed E-state index contributed by atoms with van der Waals surface area (Å²) in [4.78, 5) is 10.4. The summed E-state index contributed by atoms with van der Waals surface area (Å²) >= 11 is 0. The summed E-state index contributed by atoms with van der Waals surface area (Å²) < 4.78 is 6.07. The van der Waals surface area contributed by atoms with Crippen LogP contribution in [-0.4, -0.2) is 72.9 Å². The Hall–Kier alpha value is -2.77. The van der Waals surface area contributed by atoms with Gasteiger partial charge in [0.2, 0.25) is 0 Å². The fourth-order valence-corrected chi connectivity index (χ4v) is 5.76. The zero-order valence-electron chi connectivity index (χ0n) is 21.5. The molecule has 0 amide bonds. The number of hydrogen-bond acceptors (Lipinski definition) is 4. The monoisotopic (exact) mass is 491 g/mol. The molecule has 1 aliphatic heterocycles. The van der Waals surface area contributed by atoms with Gasteiger partial charge >= 0.3 is 0 Å². The molecule has 4 N–H and O–H groups in total. The minimum absolute atomic E-state index is 0.271. The van der Waals surface area contributed by atoms with E-state index in [0.717, 1.165) is 66.0 Å². The van der Waals surface area contributed by atoms with Gasteiger partial charge in [0.05, 0.1) is 5.52 Å². The van der Waals surface area contributed by atoms with Gasteiger partial charge in [0.15, 0.2) is 5.96 Å². The zero-order chi connectivity index (χ0) is 24.7. The highest BCUT2D eigenvalue weighted by atomic mass is 16.5. The summed E-state index contributed by atoms with van der Waals surface area (Å²) in [5.74, 6) is 2.51. The van der Waals surface area contributed by atoms with Crippen LogP contribution in [0.25, 0.3) is 21.8 Å². The Balaban J connectivity index is 1.04. The predicted octanol–water partition coefficient (Wildman–Crippen LogP) is 4.27. The van der Waals surface area contributed by atoms with Gasteiger partial charge in [-0.25, -0.2) is 0 Å². The van der Waals surface area contributed by atoms with E-state index in [1.165, 1.54) is 32.1 Å². The normalized spacial score (nSPS) is 19.2. The lowest BCUT2D eigenvalue weighted by molar-refractivity contribution is 0.105. The number of nitrogens with zero attached hydrogens (tertiary/aromatic N) is 2. The summed E-state index contributed by atoms with van der Waals surface area (Å²) in [6.45, 7) is 3.82. The average Bonchev–Trinajstić information content (AvgIpc) is 3.31. The van der Waals surface area contributed by atoms with Gasteiger partial charge in [-0.05, 0) is 56.3 Å². The standard InChI is InChI=1S/C29H41N5O2/c1-30-29(32-22-8-3-2-4-9-22)34-16-14-21(15-17-34)18-31-19-23(35)20-36-27-13-7-12-26-28(27)24-10-5-6-11-25(24)33-26/h5-7,10-13,21-23,31,33,35H,2-4,8-9,14-20H2,1H3,(H,30,32). The van der Waals surface area contributed by atoms with Crippen molar-refractivity contribution in [3.05, 3.63) is 42.5 Å². The summed E-state index contributed by atoms with van der Waals surface area (Å²) in [5.41, 5.74) is 2.15. The molecule has 3 aromatic rings. The molecule has 5 rings (SSSR count). The van der Waals surface area contributed by atoms with Crippen LogP contribution in [0.4, 0.5) is 0 Å². The molecule has 36 heavy (non-hydrogen) atoms. The lowest BCUT2D eigenvalue weighted by atomic mass is 9.95. The molecule has 2 heterocycles. The number of aliphatic hydroxyl groups excluding tert-OH is 1. The fourth-order valence-electron chi connectivity index (χ4n) is 5.76. The van der Waals surface area contributed by atoms with E-state index in [2.05, 4.69) is 43.7 Å². The van der Waals surface area contributed by atoms with Crippen molar-refractivity contribution in [1.82, 2.24) is 20.5 Å². The third-order valence-electron chi connectivity index (χ3n) is 7.80. The molecule has 194 valence electrons. The Kier molecular flexibility index (Phi) is 8.29. The molecule has 1 atom stereocenters. The zero-order valence-corrected chi connectivity index (χ0v) is 21.5. The van der Waals surface area contributed by atoms with Gasteiger partial charge in [-0.15, -0.1) is 0 Å². The largest absolute Gasteiger partial charge is 0.490 e. The Morgan fingerprint density at radius 3 is 2.64 bits per heavy atom. The molecule has 7 heteroatoms. The SMILES string of the molecule is CN=C(NC1CCCCC1)N1CCC(CNCC(O)COc2cccc3[nH]c4ccccc4c23)CC1. The van der Waals surface area contributed by atoms with E-state index < -0.39 is 6.10 Å². The molecule has 1 saturated carbocycles. The lowest BCUT2D eigenvalue weighted by Gasteiger charge is -2.36. The molecule has 0 bridgehead atoms. The second-order valence-corrected chi connectivity index (χ2v) is 10.4. The molecule has 0 spiro atoms. The maximum absolute atomic E-state index is 10.6. The van der Waals surface area contributed by atoms with Crippen LogP contribution >= 0.6 is 0 Å². The predicted molar refractivity (Wildman–Crippen MR) is 148 cm³/mol. The number of likely N-dealkylation sites (tertiary alicyclic amines) is 1. The summed E-state index contributed by atoms with van der Waals surface area (Å²) in [6.07, 6.45) is 8.31. The number of fused-ring (bicyclic) bond motifs is 3. The number of aliphatic imine (C=N–C) groups is 1. The van der Waals surface area contributed by atoms with Gasteiger partial charge in [-0.1, -0.05) is 43.5 Å². The van der Waals surface area contributed by atoms with Gasteiger partial charge in [0.1, 0.15) is 18.5 Å². The van der Waals surface area contributed by atoms with Crippen molar-refractivity contribution in [3.63, 3.8) is 0 Å². The van der Waals surface area contributed by atoms with E-state index >= 15 is 0 Å². The number of aromatic nitrogens is 1. The molecule has 1 unspecified atom stereocenters. The average molecular weight is 492 g/mol. The Labute approximate surface area is 214 Å². The number of benzene rings is 2. The van der Waals surface area contributed by atoms with Crippen LogP contribution in [0.5, 0.6) is 5.75 Å². The van der Waals surface area contributed by atoms with Crippen LogP contribution in [-0.2, 0) is 0 Å². The van der Waals surface area contributed by atoms with Crippen molar-refractivity contribution in [1.29, 1.82) is 0 Å². The topological polar surface area (TPSA) is 84.9 Å². The number of H-pyrrole nitrogens is 1. The van der Waals surface area contributed by atoms with Gasteiger partial charge < -0.3 is 30.4 Å². The lowest BCUT2D eigenvalue weighted by Crippen LogP contribution is -2.50. The van der Waals surface area contributed by atoms with Crippen LogP contribution in [0.2, 0.25) is 0 Å².